The van der Waals surface area contributed by atoms with Crippen LogP contribution in [0.15, 0.2) is 30.5 Å². The first-order valence-corrected chi connectivity index (χ1v) is 9.39. The number of aromatic nitrogens is 3. The highest BCUT2D eigenvalue weighted by atomic mass is 19.1. The van der Waals surface area contributed by atoms with E-state index in [1.54, 1.807) is 10.9 Å². The average molecular weight is 355 g/mol. The Morgan fingerprint density at radius 3 is 2.54 bits per heavy atom. The molecule has 136 valence electrons. The monoisotopic (exact) mass is 355 g/mol. The normalized spacial score (nSPS) is 22.0. The number of carbonyl (C=O) groups is 1. The van der Waals surface area contributed by atoms with Crippen molar-refractivity contribution < 1.29 is 9.18 Å². The maximum atomic E-state index is 13.2. The maximum absolute atomic E-state index is 13.2. The molecular weight excluding hydrogens is 333 g/mol. The summed E-state index contributed by atoms with van der Waals surface area (Å²) in [6, 6.07) is 7.74. The van der Waals surface area contributed by atoms with Crippen molar-refractivity contribution in [3.63, 3.8) is 0 Å². The first-order valence-electron chi connectivity index (χ1n) is 9.39. The molecule has 1 aliphatic heterocycles. The van der Waals surface area contributed by atoms with E-state index in [9.17, 15) is 9.18 Å². The summed E-state index contributed by atoms with van der Waals surface area (Å²) in [5.74, 6) is 0.304. The third-order valence-corrected chi connectivity index (χ3v) is 5.58. The van der Waals surface area contributed by atoms with Gasteiger partial charge in [-0.05, 0) is 49.3 Å². The van der Waals surface area contributed by atoms with E-state index in [0.29, 0.717) is 23.7 Å². The molecule has 1 aromatic carbocycles. The van der Waals surface area contributed by atoms with Crippen LogP contribution in [0.25, 0.3) is 0 Å². The van der Waals surface area contributed by atoms with Crippen molar-refractivity contribution in [2.45, 2.75) is 43.8 Å². The maximum Gasteiger partial charge on any atom is 0.273 e. The van der Waals surface area contributed by atoms with E-state index in [0.717, 1.165) is 25.9 Å². The van der Waals surface area contributed by atoms with E-state index in [4.69, 9.17) is 0 Å². The molecule has 0 bridgehead atoms. The third kappa shape index (κ3) is 3.11. The van der Waals surface area contributed by atoms with Gasteiger partial charge in [0.1, 0.15) is 5.82 Å². The molecule has 1 amide bonds. The number of rotatable bonds is 6. The number of likely N-dealkylation sites (tertiary alicyclic amines) is 1. The summed E-state index contributed by atoms with van der Waals surface area (Å²) >= 11 is 0. The molecule has 5 rings (SSSR count). The third-order valence-electron chi connectivity index (χ3n) is 5.58. The summed E-state index contributed by atoms with van der Waals surface area (Å²) in [4.78, 5) is 14.7. The van der Waals surface area contributed by atoms with Crippen LogP contribution in [-0.4, -0.2) is 44.9 Å². The number of halogens is 1. The first-order chi connectivity index (χ1) is 12.7. The molecule has 1 saturated heterocycles. The minimum Gasteiger partial charge on any atom is -0.345 e. The Balaban J connectivity index is 1.19. The number of nitrogens with zero attached hydrogens (tertiary/aromatic N) is 4. The molecule has 1 N–H and O–H groups in total. The summed E-state index contributed by atoms with van der Waals surface area (Å²) in [6.45, 7) is 1.64. The molecule has 2 aliphatic carbocycles. The number of amides is 1. The minimum absolute atomic E-state index is 0.135. The Morgan fingerprint density at radius 1 is 1.15 bits per heavy atom. The van der Waals surface area contributed by atoms with Crippen LogP contribution >= 0.6 is 0 Å². The van der Waals surface area contributed by atoms with Gasteiger partial charge in [0.15, 0.2) is 5.69 Å². The summed E-state index contributed by atoms with van der Waals surface area (Å²) in [5, 5.41) is 11.1. The Kier molecular flexibility index (Phi) is 3.77. The highest BCUT2D eigenvalue weighted by Gasteiger charge is 2.42. The van der Waals surface area contributed by atoms with Gasteiger partial charge >= 0.3 is 0 Å². The SMILES string of the molecule is O=C(NC1CN(C(c2ccc(F)cc2)C2CC2)C1)c1cn(C2CC2)nn1. The van der Waals surface area contributed by atoms with Gasteiger partial charge in [0.05, 0.1) is 18.3 Å². The molecule has 26 heavy (non-hydrogen) atoms. The first kappa shape index (κ1) is 15.9. The second kappa shape index (κ2) is 6.16. The Morgan fingerprint density at radius 2 is 1.88 bits per heavy atom. The standard InChI is InChI=1S/C19H22FN5O/c20-14-5-3-13(4-6-14)18(12-1-2-12)24-9-15(10-24)21-19(26)17-11-25(23-22-17)16-7-8-16/h3-6,11-12,15-16,18H,1-2,7-10H2,(H,21,26). The predicted octanol–water partition coefficient (Wildman–Crippen LogP) is 2.32. The van der Waals surface area contributed by atoms with Crippen LogP contribution in [0.4, 0.5) is 4.39 Å². The largest absolute Gasteiger partial charge is 0.345 e. The van der Waals surface area contributed by atoms with E-state index >= 15 is 0 Å². The number of hydrogen-bond acceptors (Lipinski definition) is 4. The molecule has 0 spiro atoms. The summed E-state index contributed by atoms with van der Waals surface area (Å²) in [5.41, 5.74) is 1.57. The molecule has 2 aromatic rings. The molecule has 2 saturated carbocycles. The van der Waals surface area contributed by atoms with Gasteiger partial charge in [0, 0.05) is 19.1 Å². The summed E-state index contributed by atoms with van der Waals surface area (Å²) in [7, 11) is 0. The number of nitrogens with one attached hydrogen (secondary N) is 1. The van der Waals surface area contributed by atoms with Crippen molar-refractivity contribution >= 4 is 5.91 Å². The molecule has 7 heteroatoms. The number of hydrogen-bond donors (Lipinski definition) is 1. The number of carbonyl (C=O) groups excluding carboxylic acids is 1. The molecule has 0 radical (unpaired) electrons. The average Bonchev–Trinajstić information content (AvgIpc) is 3.54. The zero-order valence-electron chi connectivity index (χ0n) is 14.5. The van der Waals surface area contributed by atoms with Crippen LogP contribution in [-0.2, 0) is 0 Å². The van der Waals surface area contributed by atoms with Crippen LogP contribution in [0, 0.1) is 11.7 Å². The van der Waals surface area contributed by atoms with Crippen molar-refractivity contribution in [1.82, 2.24) is 25.2 Å². The summed E-state index contributed by atoms with van der Waals surface area (Å²) < 4.78 is 15.0. The van der Waals surface area contributed by atoms with E-state index in [2.05, 4.69) is 20.5 Å². The molecule has 2 heterocycles. The van der Waals surface area contributed by atoms with Crippen molar-refractivity contribution in [2.24, 2.45) is 5.92 Å². The minimum atomic E-state index is -0.198. The van der Waals surface area contributed by atoms with Gasteiger partial charge in [-0.3, -0.25) is 9.69 Å². The van der Waals surface area contributed by atoms with Gasteiger partial charge in [-0.1, -0.05) is 17.3 Å². The van der Waals surface area contributed by atoms with Crippen molar-refractivity contribution in [3.05, 3.63) is 47.5 Å². The van der Waals surface area contributed by atoms with Crippen LogP contribution < -0.4 is 5.32 Å². The van der Waals surface area contributed by atoms with Gasteiger partial charge < -0.3 is 5.32 Å². The van der Waals surface area contributed by atoms with Crippen molar-refractivity contribution in [3.8, 4) is 0 Å². The fourth-order valence-electron chi connectivity index (χ4n) is 3.84. The highest BCUT2D eigenvalue weighted by Crippen LogP contribution is 2.46. The fourth-order valence-corrected chi connectivity index (χ4v) is 3.84. The Labute approximate surface area is 151 Å². The van der Waals surface area contributed by atoms with E-state index in [-0.39, 0.29) is 17.8 Å². The van der Waals surface area contributed by atoms with Gasteiger partial charge in [0.25, 0.3) is 5.91 Å². The van der Waals surface area contributed by atoms with Crippen molar-refractivity contribution in [1.29, 1.82) is 0 Å². The van der Waals surface area contributed by atoms with Crippen LogP contribution in [0.2, 0.25) is 0 Å². The quantitative estimate of drug-likeness (QED) is 0.864. The summed E-state index contributed by atoms with van der Waals surface area (Å²) in [6.07, 6.45) is 6.43. The molecule has 1 unspecified atom stereocenters. The van der Waals surface area contributed by atoms with Gasteiger partial charge in [-0.25, -0.2) is 9.07 Å². The fraction of sp³-hybridized carbons (Fsp3) is 0.526. The smallest absolute Gasteiger partial charge is 0.273 e. The predicted molar refractivity (Wildman–Crippen MR) is 93.0 cm³/mol. The van der Waals surface area contributed by atoms with Gasteiger partial charge in [-0.2, -0.15) is 0 Å². The zero-order chi connectivity index (χ0) is 17.7. The molecule has 1 aromatic heterocycles. The van der Waals surface area contributed by atoms with Gasteiger partial charge in [0.2, 0.25) is 0 Å². The van der Waals surface area contributed by atoms with E-state index < -0.39 is 0 Å². The Hall–Kier alpha value is -2.28. The second-order valence-corrected chi connectivity index (χ2v) is 7.77. The molecule has 1 atom stereocenters. The van der Waals surface area contributed by atoms with Crippen LogP contribution in [0.5, 0.6) is 0 Å². The van der Waals surface area contributed by atoms with Crippen LogP contribution in [0.1, 0.15) is 53.8 Å². The lowest BCUT2D eigenvalue weighted by molar-refractivity contribution is 0.0557. The van der Waals surface area contributed by atoms with Gasteiger partial charge in [-0.15, -0.1) is 5.10 Å². The Bertz CT molecular complexity index is 806. The highest BCUT2D eigenvalue weighted by molar-refractivity contribution is 5.92. The number of benzene rings is 1. The molecule has 6 nitrogen and oxygen atoms in total. The van der Waals surface area contributed by atoms with E-state index in [1.165, 1.54) is 30.5 Å². The van der Waals surface area contributed by atoms with E-state index in [1.807, 2.05) is 12.1 Å². The molecule has 3 aliphatic rings. The zero-order valence-corrected chi connectivity index (χ0v) is 14.5. The lowest BCUT2D eigenvalue weighted by Crippen LogP contribution is -2.60. The second-order valence-electron chi connectivity index (χ2n) is 7.77. The van der Waals surface area contributed by atoms with Crippen LogP contribution in [0.3, 0.4) is 0 Å². The molecule has 3 fully saturated rings. The lowest BCUT2D eigenvalue weighted by atomic mass is 9.95. The topological polar surface area (TPSA) is 63.1 Å². The lowest BCUT2D eigenvalue weighted by Gasteiger charge is -2.45. The van der Waals surface area contributed by atoms with Crippen molar-refractivity contribution in [2.75, 3.05) is 13.1 Å². The molecular formula is C19H22FN5O.